The Kier molecular flexibility index (Phi) is 6.17. The molecule has 1 fully saturated rings. The average molecular weight is 317 g/mol. The SMILES string of the molecule is Cl.Cn1c(C(=O)N2CCCCC2CCN)ccc1[N+](=O)[O-]. The first-order chi connectivity index (χ1) is 9.56. The van der Waals surface area contributed by atoms with Gasteiger partial charge in [0.1, 0.15) is 0 Å². The Morgan fingerprint density at radius 1 is 1.48 bits per heavy atom. The Balaban J connectivity index is 0.00000220. The number of aromatic nitrogens is 1. The van der Waals surface area contributed by atoms with Crippen molar-refractivity contribution in [3.8, 4) is 0 Å². The fraction of sp³-hybridized carbons (Fsp3) is 0.615. The van der Waals surface area contributed by atoms with E-state index in [4.69, 9.17) is 5.73 Å². The molecule has 7 nitrogen and oxygen atoms in total. The van der Waals surface area contributed by atoms with Gasteiger partial charge in [-0.2, -0.15) is 0 Å². The molecule has 0 radical (unpaired) electrons. The summed E-state index contributed by atoms with van der Waals surface area (Å²) in [6, 6.07) is 3.04. The van der Waals surface area contributed by atoms with Crippen LogP contribution in [0.2, 0.25) is 0 Å². The van der Waals surface area contributed by atoms with E-state index in [0.29, 0.717) is 18.8 Å². The number of halogens is 1. The van der Waals surface area contributed by atoms with Gasteiger partial charge >= 0.3 is 5.82 Å². The predicted molar refractivity (Wildman–Crippen MR) is 81.7 cm³/mol. The molecule has 0 saturated carbocycles. The van der Waals surface area contributed by atoms with Crippen molar-refractivity contribution >= 4 is 24.1 Å². The summed E-state index contributed by atoms with van der Waals surface area (Å²) in [5, 5.41) is 10.8. The first-order valence-corrected chi connectivity index (χ1v) is 6.87. The van der Waals surface area contributed by atoms with Crippen molar-refractivity contribution in [3.05, 3.63) is 27.9 Å². The fourth-order valence-corrected chi connectivity index (χ4v) is 2.81. The number of amides is 1. The summed E-state index contributed by atoms with van der Waals surface area (Å²) in [4.78, 5) is 24.8. The van der Waals surface area contributed by atoms with Crippen molar-refractivity contribution in [2.24, 2.45) is 12.8 Å². The molecule has 1 aromatic rings. The van der Waals surface area contributed by atoms with E-state index in [-0.39, 0.29) is 30.2 Å². The van der Waals surface area contributed by atoms with E-state index in [1.54, 1.807) is 7.05 Å². The third kappa shape index (κ3) is 3.54. The number of nitro groups is 1. The Morgan fingerprint density at radius 3 is 2.76 bits per heavy atom. The quantitative estimate of drug-likeness (QED) is 0.675. The van der Waals surface area contributed by atoms with Crippen LogP contribution in [0.25, 0.3) is 0 Å². The van der Waals surface area contributed by atoms with Crippen molar-refractivity contribution in [3.63, 3.8) is 0 Å². The standard InChI is InChI=1S/C13H20N4O3.ClH/c1-15-11(5-6-12(15)17(19)20)13(18)16-9-3-2-4-10(16)7-8-14;/h5-6,10H,2-4,7-9,14H2,1H3;1H. The lowest BCUT2D eigenvalue weighted by atomic mass is 9.99. The fourth-order valence-electron chi connectivity index (χ4n) is 2.81. The predicted octanol–water partition coefficient (Wildman–Crippen LogP) is 1.70. The maximum absolute atomic E-state index is 12.6. The van der Waals surface area contributed by atoms with E-state index in [2.05, 4.69) is 0 Å². The number of hydrogen-bond donors (Lipinski definition) is 1. The second-order valence-corrected chi connectivity index (χ2v) is 5.12. The van der Waals surface area contributed by atoms with Gasteiger partial charge in [-0.3, -0.25) is 4.79 Å². The van der Waals surface area contributed by atoms with Crippen LogP contribution in [0.3, 0.4) is 0 Å². The monoisotopic (exact) mass is 316 g/mol. The van der Waals surface area contributed by atoms with E-state index in [0.717, 1.165) is 25.7 Å². The highest BCUT2D eigenvalue weighted by atomic mass is 35.5. The largest absolute Gasteiger partial charge is 0.358 e. The third-order valence-corrected chi connectivity index (χ3v) is 3.89. The molecule has 0 aromatic carbocycles. The van der Waals surface area contributed by atoms with Crippen molar-refractivity contribution in [2.45, 2.75) is 31.7 Å². The van der Waals surface area contributed by atoms with Crippen LogP contribution in [0, 0.1) is 10.1 Å². The van der Waals surface area contributed by atoms with Crippen LogP contribution >= 0.6 is 12.4 Å². The summed E-state index contributed by atoms with van der Waals surface area (Å²) in [5.41, 5.74) is 5.96. The zero-order valence-electron chi connectivity index (χ0n) is 12.0. The minimum atomic E-state index is -0.482. The maximum Gasteiger partial charge on any atom is 0.323 e. The smallest absolute Gasteiger partial charge is 0.323 e. The highest BCUT2D eigenvalue weighted by Gasteiger charge is 2.31. The number of piperidine rings is 1. The molecule has 2 N–H and O–H groups in total. The number of rotatable bonds is 4. The molecule has 1 atom stereocenters. The lowest BCUT2D eigenvalue weighted by Gasteiger charge is -2.35. The Bertz CT molecular complexity index is 516. The maximum atomic E-state index is 12.6. The number of nitrogens with zero attached hydrogens (tertiary/aromatic N) is 3. The van der Waals surface area contributed by atoms with Crippen molar-refractivity contribution < 1.29 is 9.72 Å². The van der Waals surface area contributed by atoms with Crippen molar-refractivity contribution in [1.82, 2.24) is 9.47 Å². The van der Waals surface area contributed by atoms with Gasteiger partial charge in [-0.05, 0) is 43.2 Å². The van der Waals surface area contributed by atoms with Gasteiger partial charge in [-0.1, -0.05) is 0 Å². The minimum Gasteiger partial charge on any atom is -0.358 e. The molecule has 2 heterocycles. The number of hydrogen-bond acceptors (Lipinski definition) is 4. The Hall–Kier alpha value is -1.60. The molecule has 0 bridgehead atoms. The molecule has 1 unspecified atom stereocenters. The molecule has 0 aliphatic carbocycles. The Morgan fingerprint density at radius 2 is 2.19 bits per heavy atom. The summed E-state index contributed by atoms with van der Waals surface area (Å²) in [7, 11) is 1.55. The van der Waals surface area contributed by atoms with Gasteiger partial charge in [0.25, 0.3) is 5.91 Å². The zero-order chi connectivity index (χ0) is 14.7. The van der Waals surface area contributed by atoms with Crippen LogP contribution < -0.4 is 5.73 Å². The van der Waals surface area contributed by atoms with Crippen LogP contribution in [0.15, 0.2) is 12.1 Å². The number of nitrogens with two attached hydrogens (primary N) is 1. The minimum absolute atomic E-state index is 0. The molecule has 1 amide bonds. The van der Waals surface area contributed by atoms with Gasteiger partial charge in [0, 0.05) is 18.7 Å². The van der Waals surface area contributed by atoms with Gasteiger partial charge in [0.2, 0.25) is 0 Å². The molecule has 118 valence electrons. The second-order valence-electron chi connectivity index (χ2n) is 5.12. The lowest BCUT2D eigenvalue weighted by molar-refractivity contribution is -0.391. The van der Waals surface area contributed by atoms with Gasteiger partial charge < -0.3 is 20.7 Å². The number of likely N-dealkylation sites (tertiary alicyclic amines) is 1. The zero-order valence-corrected chi connectivity index (χ0v) is 12.8. The highest BCUT2D eigenvalue weighted by Crippen LogP contribution is 2.23. The van der Waals surface area contributed by atoms with E-state index >= 15 is 0 Å². The molecule has 1 saturated heterocycles. The summed E-state index contributed by atoms with van der Waals surface area (Å²) in [6.07, 6.45) is 3.80. The van der Waals surface area contributed by atoms with Gasteiger partial charge in [0.05, 0.1) is 7.05 Å². The van der Waals surface area contributed by atoms with Gasteiger partial charge in [0.15, 0.2) is 5.69 Å². The first kappa shape index (κ1) is 17.5. The van der Waals surface area contributed by atoms with Crippen LogP contribution in [-0.2, 0) is 7.05 Å². The highest BCUT2D eigenvalue weighted by molar-refractivity contribution is 5.93. The summed E-state index contributed by atoms with van der Waals surface area (Å²) in [6.45, 7) is 1.24. The second kappa shape index (κ2) is 7.42. The van der Waals surface area contributed by atoms with Crippen LogP contribution in [0.5, 0.6) is 0 Å². The summed E-state index contributed by atoms with van der Waals surface area (Å²) < 4.78 is 1.34. The molecule has 1 aliphatic rings. The number of carbonyl (C=O) groups excluding carboxylic acids is 1. The molecular weight excluding hydrogens is 296 g/mol. The van der Waals surface area contributed by atoms with Gasteiger partial charge in [-0.15, -0.1) is 12.4 Å². The van der Waals surface area contributed by atoms with Crippen molar-refractivity contribution in [1.29, 1.82) is 0 Å². The third-order valence-electron chi connectivity index (χ3n) is 3.89. The first-order valence-electron chi connectivity index (χ1n) is 6.87. The van der Waals surface area contributed by atoms with Crippen LogP contribution in [0.1, 0.15) is 36.2 Å². The normalized spacial score (nSPS) is 18.2. The molecule has 2 rings (SSSR count). The molecule has 21 heavy (non-hydrogen) atoms. The number of carbonyl (C=O) groups is 1. The average Bonchev–Trinajstić information content (AvgIpc) is 2.81. The van der Waals surface area contributed by atoms with Crippen LogP contribution in [0.4, 0.5) is 5.82 Å². The van der Waals surface area contributed by atoms with Gasteiger partial charge in [-0.25, -0.2) is 4.57 Å². The lowest BCUT2D eigenvalue weighted by Crippen LogP contribution is -2.45. The molecule has 1 aliphatic heterocycles. The van der Waals surface area contributed by atoms with E-state index in [1.807, 2.05) is 4.90 Å². The molecule has 1 aromatic heterocycles. The Labute approximate surface area is 129 Å². The summed E-state index contributed by atoms with van der Waals surface area (Å²) >= 11 is 0. The van der Waals surface area contributed by atoms with E-state index < -0.39 is 4.92 Å². The van der Waals surface area contributed by atoms with Crippen LogP contribution in [-0.4, -0.2) is 39.4 Å². The van der Waals surface area contributed by atoms with E-state index in [1.165, 1.54) is 16.7 Å². The molecule has 8 heteroatoms. The molecular formula is C13H21ClN4O3. The summed E-state index contributed by atoms with van der Waals surface area (Å²) in [5.74, 6) is -0.209. The van der Waals surface area contributed by atoms with E-state index in [9.17, 15) is 14.9 Å². The van der Waals surface area contributed by atoms with Crippen molar-refractivity contribution in [2.75, 3.05) is 13.1 Å². The molecule has 0 spiro atoms. The topological polar surface area (TPSA) is 94.4 Å².